The van der Waals surface area contributed by atoms with E-state index in [4.69, 9.17) is 9.15 Å². The average Bonchev–Trinajstić information content (AvgIpc) is 2.69. The van der Waals surface area contributed by atoms with Crippen LogP contribution in [-0.4, -0.2) is 5.11 Å². The average molecular weight is 344 g/mol. The number of hydrogen-bond donors (Lipinski definition) is 1. The van der Waals surface area contributed by atoms with Gasteiger partial charge in [0, 0.05) is 5.56 Å². The molecule has 0 unspecified atom stereocenters. The molecule has 0 bridgehead atoms. The second-order valence-electron chi connectivity index (χ2n) is 5.91. The summed E-state index contributed by atoms with van der Waals surface area (Å²) in [5, 5.41) is 10.0. The summed E-state index contributed by atoms with van der Waals surface area (Å²) in [6.45, 7) is 0.246. The van der Waals surface area contributed by atoms with Crippen LogP contribution in [0.3, 0.4) is 0 Å². The third-order valence-corrected chi connectivity index (χ3v) is 4.09. The normalized spacial score (nSPS) is 10.8. The van der Waals surface area contributed by atoms with Crippen molar-refractivity contribution in [3.63, 3.8) is 0 Å². The standard InChI is InChI=1S/C22H16O4/c23-17-11-12-19-18(13-17)20(24)22(25-14-15-7-3-1-4-8-15)21(26-19)16-9-5-2-6-10-16/h1-13,23H,14H2. The summed E-state index contributed by atoms with van der Waals surface area (Å²) in [5.41, 5.74) is 1.79. The Morgan fingerprint density at radius 3 is 2.31 bits per heavy atom. The van der Waals surface area contributed by atoms with Gasteiger partial charge in [-0.2, -0.15) is 0 Å². The van der Waals surface area contributed by atoms with Crippen LogP contribution in [-0.2, 0) is 6.61 Å². The fourth-order valence-corrected chi connectivity index (χ4v) is 2.81. The maximum absolute atomic E-state index is 13.0. The van der Waals surface area contributed by atoms with E-state index in [0.29, 0.717) is 11.3 Å². The van der Waals surface area contributed by atoms with E-state index in [1.54, 1.807) is 6.07 Å². The highest BCUT2D eigenvalue weighted by molar-refractivity contribution is 5.83. The highest BCUT2D eigenvalue weighted by Crippen LogP contribution is 2.32. The van der Waals surface area contributed by atoms with E-state index < -0.39 is 0 Å². The molecule has 4 rings (SSSR count). The molecule has 0 aliphatic carbocycles. The van der Waals surface area contributed by atoms with Crippen molar-refractivity contribution in [2.24, 2.45) is 0 Å². The first kappa shape index (κ1) is 16.0. The molecule has 0 spiro atoms. The maximum Gasteiger partial charge on any atom is 0.235 e. The number of ether oxygens (including phenoxy) is 1. The van der Waals surface area contributed by atoms with E-state index in [9.17, 15) is 9.90 Å². The van der Waals surface area contributed by atoms with Crippen LogP contribution in [0.2, 0.25) is 0 Å². The van der Waals surface area contributed by atoms with E-state index >= 15 is 0 Å². The molecule has 4 nitrogen and oxygen atoms in total. The quantitative estimate of drug-likeness (QED) is 0.581. The zero-order valence-corrected chi connectivity index (χ0v) is 13.9. The van der Waals surface area contributed by atoms with Crippen LogP contribution in [0.1, 0.15) is 5.56 Å². The molecule has 3 aromatic carbocycles. The molecule has 1 aromatic heterocycles. The fraction of sp³-hybridized carbons (Fsp3) is 0.0455. The Morgan fingerprint density at radius 2 is 1.58 bits per heavy atom. The molecule has 4 heteroatoms. The Labute approximate surface area is 149 Å². The summed E-state index contributed by atoms with van der Waals surface area (Å²) in [7, 11) is 0. The lowest BCUT2D eigenvalue weighted by molar-refractivity contribution is 0.298. The fourth-order valence-electron chi connectivity index (χ4n) is 2.81. The first-order valence-corrected chi connectivity index (χ1v) is 8.24. The zero-order chi connectivity index (χ0) is 17.9. The third kappa shape index (κ3) is 3.05. The van der Waals surface area contributed by atoms with Crippen molar-refractivity contribution in [3.05, 3.63) is 94.6 Å². The minimum absolute atomic E-state index is 0.00581. The van der Waals surface area contributed by atoms with Gasteiger partial charge in [-0.3, -0.25) is 4.79 Å². The molecule has 4 aromatic rings. The van der Waals surface area contributed by atoms with Crippen LogP contribution in [0.15, 0.2) is 88.1 Å². The maximum atomic E-state index is 13.0. The number of phenolic OH excluding ortho intramolecular Hbond substituents is 1. The van der Waals surface area contributed by atoms with Crippen molar-refractivity contribution < 1.29 is 14.3 Å². The Kier molecular flexibility index (Phi) is 4.15. The van der Waals surface area contributed by atoms with E-state index in [2.05, 4.69) is 0 Å². The molecule has 1 N–H and O–H groups in total. The highest BCUT2D eigenvalue weighted by atomic mass is 16.5. The minimum Gasteiger partial charge on any atom is -0.508 e. The lowest BCUT2D eigenvalue weighted by Crippen LogP contribution is -2.10. The molecule has 0 aliphatic heterocycles. The Hall–Kier alpha value is -3.53. The van der Waals surface area contributed by atoms with E-state index in [-0.39, 0.29) is 28.9 Å². The summed E-state index contributed by atoms with van der Waals surface area (Å²) < 4.78 is 11.8. The van der Waals surface area contributed by atoms with Gasteiger partial charge in [0.05, 0.1) is 5.39 Å². The van der Waals surface area contributed by atoms with Gasteiger partial charge in [-0.25, -0.2) is 0 Å². The van der Waals surface area contributed by atoms with Gasteiger partial charge >= 0.3 is 0 Å². The lowest BCUT2D eigenvalue weighted by atomic mass is 10.1. The molecular weight excluding hydrogens is 328 g/mol. The topological polar surface area (TPSA) is 59.7 Å². The van der Waals surface area contributed by atoms with Gasteiger partial charge in [0.1, 0.15) is 17.9 Å². The van der Waals surface area contributed by atoms with Gasteiger partial charge < -0.3 is 14.3 Å². The molecule has 128 valence electrons. The van der Waals surface area contributed by atoms with Gasteiger partial charge in [-0.05, 0) is 23.8 Å². The van der Waals surface area contributed by atoms with Gasteiger partial charge in [0.2, 0.25) is 11.2 Å². The molecule has 0 aliphatic rings. The SMILES string of the molecule is O=c1c(OCc2ccccc2)c(-c2ccccc2)oc2ccc(O)cc12. The van der Waals surface area contributed by atoms with Gasteiger partial charge in [0.15, 0.2) is 5.76 Å². The number of phenols is 1. The van der Waals surface area contributed by atoms with Crippen LogP contribution in [0.5, 0.6) is 11.5 Å². The highest BCUT2D eigenvalue weighted by Gasteiger charge is 2.18. The van der Waals surface area contributed by atoms with Crippen LogP contribution >= 0.6 is 0 Å². The molecule has 0 atom stereocenters. The van der Waals surface area contributed by atoms with Crippen molar-refractivity contribution in [1.82, 2.24) is 0 Å². The number of aromatic hydroxyl groups is 1. The Bertz CT molecular complexity index is 1100. The second kappa shape index (κ2) is 6.76. The summed E-state index contributed by atoms with van der Waals surface area (Å²) in [6, 6.07) is 23.4. The number of rotatable bonds is 4. The third-order valence-electron chi connectivity index (χ3n) is 4.09. The van der Waals surface area contributed by atoms with Crippen molar-refractivity contribution in [1.29, 1.82) is 0 Å². The number of hydrogen-bond acceptors (Lipinski definition) is 4. The van der Waals surface area contributed by atoms with Crippen molar-refractivity contribution in [2.45, 2.75) is 6.61 Å². The molecular formula is C22H16O4. The van der Waals surface area contributed by atoms with Crippen LogP contribution in [0.4, 0.5) is 0 Å². The van der Waals surface area contributed by atoms with Gasteiger partial charge in [0.25, 0.3) is 0 Å². The van der Waals surface area contributed by atoms with E-state index in [1.165, 1.54) is 12.1 Å². The molecule has 1 heterocycles. The molecule has 0 amide bonds. The summed E-state index contributed by atoms with van der Waals surface area (Å²) in [5.74, 6) is 0.522. The summed E-state index contributed by atoms with van der Waals surface area (Å²) >= 11 is 0. The molecule has 0 saturated heterocycles. The number of benzene rings is 3. The van der Waals surface area contributed by atoms with E-state index in [1.807, 2.05) is 60.7 Å². The minimum atomic E-state index is -0.308. The summed E-state index contributed by atoms with van der Waals surface area (Å²) in [6.07, 6.45) is 0. The molecule has 0 radical (unpaired) electrons. The molecule has 26 heavy (non-hydrogen) atoms. The predicted molar refractivity (Wildman–Crippen MR) is 100 cm³/mol. The number of fused-ring (bicyclic) bond motifs is 1. The first-order chi connectivity index (χ1) is 12.7. The Morgan fingerprint density at radius 1 is 0.885 bits per heavy atom. The largest absolute Gasteiger partial charge is 0.508 e. The monoisotopic (exact) mass is 344 g/mol. The van der Waals surface area contributed by atoms with Crippen LogP contribution in [0, 0.1) is 0 Å². The summed E-state index contributed by atoms with van der Waals surface area (Å²) in [4.78, 5) is 13.0. The van der Waals surface area contributed by atoms with E-state index in [0.717, 1.165) is 11.1 Å². The molecule has 0 saturated carbocycles. The zero-order valence-electron chi connectivity index (χ0n) is 13.9. The van der Waals surface area contributed by atoms with Crippen LogP contribution in [0.25, 0.3) is 22.3 Å². The van der Waals surface area contributed by atoms with Gasteiger partial charge in [-0.1, -0.05) is 60.7 Å². The predicted octanol–water partition coefficient (Wildman–Crippen LogP) is 4.74. The van der Waals surface area contributed by atoms with Crippen LogP contribution < -0.4 is 10.2 Å². The van der Waals surface area contributed by atoms with Crippen molar-refractivity contribution in [3.8, 4) is 22.8 Å². The van der Waals surface area contributed by atoms with Gasteiger partial charge in [-0.15, -0.1) is 0 Å². The van der Waals surface area contributed by atoms with Crippen molar-refractivity contribution in [2.75, 3.05) is 0 Å². The van der Waals surface area contributed by atoms with Crippen molar-refractivity contribution >= 4 is 11.0 Å². The second-order valence-corrected chi connectivity index (χ2v) is 5.91. The molecule has 0 fully saturated rings. The Balaban J connectivity index is 1.87. The first-order valence-electron chi connectivity index (χ1n) is 8.24. The lowest BCUT2D eigenvalue weighted by Gasteiger charge is -2.12. The smallest absolute Gasteiger partial charge is 0.235 e.